The van der Waals surface area contributed by atoms with Crippen LogP contribution >= 0.6 is 0 Å². The van der Waals surface area contributed by atoms with E-state index < -0.39 is 0 Å². The molecule has 0 unspecified atom stereocenters. The molecule has 0 saturated carbocycles. The van der Waals surface area contributed by atoms with Crippen LogP contribution in [0.25, 0.3) is 0 Å². The Labute approximate surface area is 111 Å². The smallest absolute Gasteiger partial charge is 0.219 e. The lowest BCUT2D eigenvalue weighted by Gasteiger charge is -2.09. The lowest BCUT2D eigenvalue weighted by atomic mass is 9.98. The summed E-state index contributed by atoms with van der Waals surface area (Å²) in [6, 6.07) is 0. The van der Waals surface area contributed by atoms with Crippen molar-refractivity contribution >= 4 is 0 Å². The number of hydrogen-bond acceptors (Lipinski definition) is 4. The fourth-order valence-electron chi connectivity index (χ4n) is 2.16. The van der Waals surface area contributed by atoms with Crippen LogP contribution < -0.4 is 5.32 Å². The minimum absolute atomic E-state index is 0.454. The number of nitrogens with zero attached hydrogens (tertiary/aromatic N) is 2. The number of aryl methyl sites for hydroxylation is 1. The number of aromatic nitrogens is 2. The average Bonchev–Trinajstić information content (AvgIpc) is 2.83. The van der Waals surface area contributed by atoms with E-state index in [1.807, 2.05) is 0 Å². The zero-order valence-electron chi connectivity index (χ0n) is 12.0. The van der Waals surface area contributed by atoms with E-state index >= 15 is 0 Å². The van der Waals surface area contributed by atoms with Gasteiger partial charge in [0.1, 0.15) is 0 Å². The molecule has 0 saturated heterocycles. The van der Waals surface area contributed by atoms with E-state index in [9.17, 15) is 0 Å². The van der Waals surface area contributed by atoms with Crippen molar-refractivity contribution in [1.29, 1.82) is 0 Å². The fourth-order valence-corrected chi connectivity index (χ4v) is 2.16. The van der Waals surface area contributed by atoms with Gasteiger partial charge in [-0.05, 0) is 32.4 Å². The van der Waals surface area contributed by atoms with E-state index in [-0.39, 0.29) is 0 Å². The molecule has 4 nitrogen and oxygen atoms in total. The van der Waals surface area contributed by atoms with Gasteiger partial charge in [0.05, 0.1) is 0 Å². The highest BCUT2D eigenvalue weighted by molar-refractivity contribution is 4.91. The Kier molecular flexibility index (Phi) is 7.65. The van der Waals surface area contributed by atoms with Gasteiger partial charge in [-0.1, -0.05) is 33.6 Å². The van der Waals surface area contributed by atoms with Crippen LogP contribution in [0.5, 0.6) is 0 Å². The topological polar surface area (TPSA) is 51.0 Å². The van der Waals surface area contributed by atoms with Crippen LogP contribution in [0.1, 0.15) is 70.6 Å². The molecule has 0 aliphatic heterocycles. The molecule has 0 fully saturated rings. The van der Waals surface area contributed by atoms with Gasteiger partial charge in [-0.2, -0.15) is 0 Å². The normalized spacial score (nSPS) is 11.3. The minimum Gasteiger partial charge on any atom is -0.425 e. The van der Waals surface area contributed by atoms with Crippen LogP contribution in [0.15, 0.2) is 4.42 Å². The Hall–Kier alpha value is -0.900. The lowest BCUT2D eigenvalue weighted by molar-refractivity contribution is 0.386. The standard InChI is InChI=1S/C14H27N3O/c1-4-8-12(9-5-2)14-17-16-13(18-14)10-7-11-15-6-3/h12,15H,4-11H2,1-3H3. The van der Waals surface area contributed by atoms with E-state index in [0.29, 0.717) is 5.92 Å². The fraction of sp³-hybridized carbons (Fsp3) is 0.857. The third kappa shape index (κ3) is 5.17. The van der Waals surface area contributed by atoms with Gasteiger partial charge in [0.2, 0.25) is 11.8 Å². The predicted molar refractivity (Wildman–Crippen MR) is 73.7 cm³/mol. The predicted octanol–water partition coefficient (Wildman–Crippen LogP) is 3.30. The first-order chi connectivity index (χ1) is 8.81. The molecule has 1 rings (SSSR count). The van der Waals surface area contributed by atoms with E-state index in [1.54, 1.807) is 0 Å². The second-order valence-corrected chi connectivity index (χ2v) is 4.77. The van der Waals surface area contributed by atoms with Crippen molar-refractivity contribution in [2.45, 2.75) is 65.2 Å². The van der Waals surface area contributed by atoms with Gasteiger partial charge < -0.3 is 9.73 Å². The van der Waals surface area contributed by atoms with E-state index in [0.717, 1.165) is 50.6 Å². The molecule has 0 amide bonds. The van der Waals surface area contributed by atoms with Crippen molar-refractivity contribution in [2.24, 2.45) is 0 Å². The highest BCUT2D eigenvalue weighted by Crippen LogP contribution is 2.25. The molecule has 0 aromatic carbocycles. The second kappa shape index (κ2) is 9.09. The summed E-state index contributed by atoms with van der Waals surface area (Å²) in [5, 5.41) is 11.7. The summed E-state index contributed by atoms with van der Waals surface area (Å²) in [4.78, 5) is 0. The molecular weight excluding hydrogens is 226 g/mol. The van der Waals surface area contributed by atoms with Crippen molar-refractivity contribution in [3.8, 4) is 0 Å². The summed E-state index contributed by atoms with van der Waals surface area (Å²) in [7, 11) is 0. The monoisotopic (exact) mass is 253 g/mol. The summed E-state index contributed by atoms with van der Waals surface area (Å²) in [5.74, 6) is 2.09. The van der Waals surface area contributed by atoms with E-state index in [2.05, 4.69) is 36.3 Å². The maximum atomic E-state index is 5.78. The van der Waals surface area contributed by atoms with Gasteiger partial charge in [0.15, 0.2) is 0 Å². The first-order valence-corrected chi connectivity index (χ1v) is 7.34. The van der Waals surface area contributed by atoms with Crippen molar-refractivity contribution in [3.63, 3.8) is 0 Å². The molecule has 4 heteroatoms. The van der Waals surface area contributed by atoms with Crippen molar-refractivity contribution in [2.75, 3.05) is 13.1 Å². The van der Waals surface area contributed by atoms with Gasteiger partial charge >= 0.3 is 0 Å². The largest absolute Gasteiger partial charge is 0.425 e. The molecule has 1 heterocycles. The quantitative estimate of drug-likeness (QED) is 0.650. The average molecular weight is 253 g/mol. The van der Waals surface area contributed by atoms with Crippen LogP contribution in [0, 0.1) is 0 Å². The molecule has 0 radical (unpaired) electrons. The van der Waals surface area contributed by atoms with Gasteiger partial charge in [-0.25, -0.2) is 0 Å². The van der Waals surface area contributed by atoms with Crippen LogP contribution in [0.4, 0.5) is 0 Å². The highest BCUT2D eigenvalue weighted by atomic mass is 16.4. The Balaban J connectivity index is 2.44. The van der Waals surface area contributed by atoms with Gasteiger partial charge in [-0.15, -0.1) is 10.2 Å². The van der Waals surface area contributed by atoms with E-state index in [4.69, 9.17) is 4.42 Å². The molecule has 1 N–H and O–H groups in total. The Morgan fingerprint density at radius 1 is 1.11 bits per heavy atom. The van der Waals surface area contributed by atoms with Crippen molar-refractivity contribution in [1.82, 2.24) is 15.5 Å². The lowest BCUT2D eigenvalue weighted by Crippen LogP contribution is -2.14. The third-order valence-electron chi connectivity index (χ3n) is 3.10. The summed E-state index contributed by atoms with van der Waals surface area (Å²) >= 11 is 0. The molecular formula is C14H27N3O. The Morgan fingerprint density at radius 3 is 2.44 bits per heavy atom. The number of rotatable bonds is 10. The molecule has 104 valence electrons. The van der Waals surface area contributed by atoms with Crippen LogP contribution in [-0.2, 0) is 6.42 Å². The molecule has 1 aromatic rings. The van der Waals surface area contributed by atoms with Crippen LogP contribution in [0.3, 0.4) is 0 Å². The molecule has 0 spiro atoms. The first-order valence-electron chi connectivity index (χ1n) is 7.34. The van der Waals surface area contributed by atoms with E-state index in [1.165, 1.54) is 12.8 Å². The van der Waals surface area contributed by atoms with Gasteiger partial charge in [-0.3, -0.25) is 0 Å². The Morgan fingerprint density at radius 2 is 1.83 bits per heavy atom. The molecule has 18 heavy (non-hydrogen) atoms. The van der Waals surface area contributed by atoms with Crippen LogP contribution in [0.2, 0.25) is 0 Å². The summed E-state index contributed by atoms with van der Waals surface area (Å²) in [6.45, 7) is 8.56. The molecule has 0 aliphatic carbocycles. The zero-order chi connectivity index (χ0) is 13.2. The third-order valence-corrected chi connectivity index (χ3v) is 3.10. The van der Waals surface area contributed by atoms with Crippen molar-refractivity contribution < 1.29 is 4.42 Å². The Bertz CT molecular complexity index is 306. The first kappa shape index (κ1) is 15.2. The number of hydrogen-bond donors (Lipinski definition) is 1. The highest BCUT2D eigenvalue weighted by Gasteiger charge is 2.16. The molecule has 0 atom stereocenters. The van der Waals surface area contributed by atoms with Gasteiger partial charge in [0.25, 0.3) is 0 Å². The molecule has 0 bridgehead atoms. The zero-order valence-corrected chi connectivity index (χ0v) is 12.0. The van der Waals surface area contributed by atoms with Crippen LogP contribution in [-0.4, -0.2) is 23.3 Å². The maximum Gasteiger partial charge on any atom is 0.219 e. The SMILES string of the molecule is CCCC(CCC)c1nnc(CCCNCC)o1. The van der Waals surface area contributed by atoms with Gasteiger partial charge in [0, 0.05) is 12.3 Å². The molecule has 0 aliphatic rings. The number of nitrogens with one attached hydrogen (secondary N) is 1. The van der Waals surface area contributed by atoms with Crippen molar-refractivity contribution in [3.05, 3.63) is 11.8 Å². The summed E-state index contributed by atoms with van der Waals surface area (Å²) in [5.41, 5.74) is 0. The second-order valence-electron chi connectivity index (χ2n) is 4.77. The minimum atomic E-state index is 0.454. The maximum absolute atomic E-state index is 5.78. The molecule has 1 aromatic heterocycles. The summed E-state index contributed by atoms with van der Waals surface area (Å²) in [6.07, 6.45) is 6.57. The summed E-state index contributed by atoms with van der Waals surface area (Å²) < 4.78 is 5.78.